The molecule has 0 aliphatic rings. The SMILES string of the molecule is C.C=S(=O)(CC)Nc1cccc(Cl)c1C(C)=O. The monoisotopic (exact) mass is 275 g/mol. The lowest BCUT2D eigenvalue weighted by Gasteiger charge is -2.14. The van der Waals surface area contributed by atoms with Gasteiger partial charge in [0.15, 0.2) is 5.78 Å². The number of halogens is 1. The highest BCUT2D eigenvalue weighted by Gasteiger charge is 2.13. The molecule has 1 atom stereocenters. The van der Waals surface area contributed by atoms with Crippen LogP contribution in [-0.4, -0.2) is 21.6 Å². The summed E-state index contributed by atoms with van der Waals surface area (Å²) in [6.07, 6.45) is 0. The molecule has 1 aromatic rings. The van der Waals surface area contributed by atoms with Crippen LogP contribution in [0.3, 0.4) is 0 Å². The summed E-state index contributed by atoms with van der Waals surface area (Å²) in [6.45, 7) is 3.18. The van der Waals surface area contributed by atoms with Crippen molar-refractivity contribution in [3.8, 4) is 0 Å². The number of hydrogen-bond acceptors (Lipinski definition) is 2. The number of carbonyl (C=O) groups excluding carboxylic acids is 1. The Bertz CT molecular complexity index is 509. The molecule has 3 nitrogen and oxygen atoms in total. The van der Waals surface area contributed by atoms with E-state index in [9.17, 15) is 9.00 Å². The Kier molecular flexibility index (Phi) is 5.72. The second-order valence-electron chi connectivity index (χ2n) is 3.42. The molecule has 96 valence electrons. The average molecular weight is 276 g/mol. The van der Waals surface area contributed by atoms with Crippen LogP contribution in [-0.2, 0) is 9.71 Å². The van der Waals surface area contributed by atoms with Crippen LogP contribution in [0.5, 0.6) is 0 Å². The van der Waals surface area contributed by atoms with Crippen LogP contribution in [0.4, 0.5) is 5.69 Å². The summed E-state index contributed by atoms with van der Waals surface area (Å²) >= 11 is 5.92. The Morgan fingerprint density at radius 1 is 1.53 bits per heavy atom. The fourth-order valence-corrected chi connectivity index (χ4v) is 2.26. The molecule has 17 heavy (non-hydrogen) atoms. The number of benzene rings is 1. The molecule has 0 aliphatic carbocycles. The zero-order valence-corrected chi connectivity index (χ0v) is 10.8. The van der Waals surface area contributed by atoms with Crippen molar-refractivity contribution in [2.75, 3.05) is 10.5 Å². The van der Waals surface area contributed by atoms with Gasteiger partial charge in [0.25, 0.3) is 0 Å². The molecule has 0 saturated heterocycles. The highest BCUT2D eigenvalue weighted by Crippen LogP contribution is 2.25. The maximum atomic E-state index is 11.8. The van der Waals surface area contributed by atoms with E-state index in [1.807, 2.05) is 0 Å². The number of Topliss-reactive ketones (excluding diaryl/α,β-unsaturated/α-hetero) is 1. The fraction of sp³-hybridized carbons (Fsp3) is 0.333. The summed E-state index contributed by atoms with van der Waals surface area (Å²) in [5.41, 5.74) is 0.829. The second-order valence-corrected chi connectivity index (χ2v) is 6.23. The Morgan fingerprint density at radius 2 is 2.12 bits per heavy atom. The molecule has 0 heterocycles. The standard InChI is InChI=1S/C11H14ClNO2S.CH4/c1-4-16(3,15)13-10-7-5-6-9(12)11(10)8(2)14;/h5-7H,3-4H2,1-2H3,(H,13,15);1H4. The Hall–Kier alpha value is -1.00. The number of carbonyl (C=O) groups is 1. The Morgan fingerprint density at radius 3 is 2.59 bits per heavy atom. The van der Waals surface area contributed by atoms with E-state index >= 15 is 0 Å². The average Bonchev–Trinajstić information content (AvgIpc) is 2.16. The van der Waals surface area contributed by atoms with Crippen molar-refractivity contribution in [2.24, 2.45) is 0 Å². The molecular formula is C12H18ClNO2S. The van der Waals surface area contributed by atoms with Gasteiger partial charge >= 0.3 is 0 Å². The Labute approximate surface area is 108 Å². The first-order valence-electron chi connectivity index (χ1n) is 4.79. The number of nitrogens with one attached hydrogen (secondary N) is 1. The van der Waals surface area contributed by atoms with Crippen LogP contribution in [0.15, 0.2) is 18.2 Å². The molecule has 0 saturated carbocycles. The molecule has 0 amide bonds. The zero-order chi connectivity index (χ0) is 12.3. The van der Waals surface area contributed by atoms with E-state index in [1.165, 1.54) is 6.92 Å². The van der Waals surface area contributed by atoms with Gasteiger partial charge in [-0.2, -0.15) is 0 Å². The minimum atomic E-state index is -2.41. The summed E-state index contributed by atoms with van der Waals surface area (Å²) in [5.74, 6) is 3.79. The van der Waals surface area contributed by atoms with Crippen molar-refractivity contribution in [3.05, 3.63) is 28.8 Å². The van der Waals surface area contributed by atoms with Crippen molar-refractivity contribution < 1.29 is 9.00 Å². The summed E-state index contributed by atoms with van der Waals surface area (Å²) in [5, 5.41) is 0.351. The second kappa shape index (κ2) is 6.07. The first kappa shape index (κ1) is 16.0. The van der Waals surface area contributed by atoms with Crippen LogP contribution < -0.4 is 4.72 Å². The number of anilines is 1. The van der Waals surface area contributed by atoms with E-state index in [2.05, 4.69) is 10.6 Å². The predicted octanol–water partition coefficient (Wildman–Crippen LogP) is 3.24. The van der Waals surface area contributed by atoms with Crippen LogP contribution in [0.2, 0.25) is 5.02 Å². The van der Waals surface area contributed by atoms with Crippen LogP contribution >= 0.6 is 11.6 Å². The maximum Gasteiger partial charge on any atom is 0.163 e. The minimum absolute atomic E-state index is 0. The predicted molar refractivity (Wildman–Crippen MR) is 77.6 cm³/mol. The van der Waals surface area contributed by atoms with E-state index in [-0.39, 0.29) is 13.2 Å². The van der Waals surface area contributed by atoms with E-state index in [0.717, 1.165) is 0 Å². The molecule has 1 unspecified atom stereocenters. The fourth-order valence-electron chi connectivity index (χ4n) is 1.24. The number of ketones is 1. The molecule has 0 aliphatic heterocycles. The van der Waals surface area contributed by atoms with Crippen molar-refractivity contribution >= 4 is 38.6 Å². The summed E-state index contributed by atoms with van der Waals surface area (Å²) < 4.78 is 14.6. The van der Waals surface area contributed by atoms with Crippen LogP contribution in [0.1, 0.15) is 31.6 Å². The highest BCUT2D eigenvalue weighted by molar-refractivity contribution is 8.01. The lowest BCUT2D eigenvalue weighted by molar-refractivity contribution is 0.101. The third-order valence-electron chi connectivity index (χ3n) is 2.13. The molecule has 1 aromatic carbocycles. The van der Waals surface area contributed by atoms with Gasteiger partial charge < -0.3 is 4.72 Å². The van der Waals surface area contributed by atoms with Crippen molar-refractivity contribution in [1.82, 2.24) is 0 Å². The number of rotatable bonds is 4. The smallest absolute Gasteiger partial charge is 0.163 e. The molecule has 0 aromatic heterocycles. The minimum Gasteiger partial charge on any atom is -0.312 e. The third kappa shape index (κ3) is 4.06. The molecule has 0 fully saturated rings. The normalized spacial score (nSPS) is 13.4. The van der Waals surface area contributed by atoms with Crippen LogP contribution in [0, 0.1) is 0 Å². The van der Waals surface area contributed by atoms with Gasteiger partial charge in [0.2, 0.25) is 0 Å². The largest absolute Gasteiger partial charge is 0.312 e. The Balaban J connectivity index is 0.00000256. The summed E-state index contributed by atoms with van der Waals surface area (Å²) in [6, 6.07) is 4.99. The molecule has 1 N–H and O–H groups in total. The molecule has 0 spiro atoms. The van der Waals surface area contributed by atoms with Crippen LogP contribution in [0.25, 0.3) is 0 Å². The molecule has 0 radical (unpaired) electrons. The molecule has 5 heteroatoms. The molecular weight excluding hydrogens is 258 g/mol. The quantitative estimate of drug-likeness (QED) is 0.677. The van der Waals surface area contributed by atoms with Crippen molar-refractivity contribution in [2.45, 2.75) is 21.3 Å². The molecule has 1 rings (SSSR count). The maximum absolute atomic E-state index is 11.8. The van der Waals surface area contributed by atoms with Crippen molar-refractivity contribution in [3.63, 3.8) is 0 Å². The summed E-state index contributed by atoms with van der Waals surface area (Å²) in [4.78, 5) is 11.4. The topological polar surface area (TPSA) is 46.2 Å². The van der Waals surface area contributed by atoms with E-state index < -0.39 is 9.71 Å². The van der Waals surface area contributed by atoms with Gasteiger partial charge in [0.05, 0.1) is 16.3 Å². The van der Waals surface area contributed by atoms with Gasteiger partial charge in [-0.3, -0.25) is 4.79 Å². The first-order chi connectivity index (χ1) is 7.37. The van der Waals surface area contributed by atoms with Gasteiger partial charge in [-0.25, -0.2) is 4.21 Å². The van der Waals surface area contributed by atoms with Gasteiger partial charge in [-0.1, -0.05) is 32.0 Å². The van der Waals surface area contributed by atoms with E-state index in [4.69, 9.17) is 11.6 Å². The lowest BCUT2D eigenvalue weighted by Crippen LogP contribution is -2.16. The van der Waals surface area contributed by atoms with Gasteiger partial charge in [-0.15, -0.1) is 0 Å². The highest BCUT2D eigenvalue weighted by atomic mass is 35.5. The molecule has 0 bridgehead atoms. The zero-order valence-electron chi connectivity index (χ0n) is 9.25. The van der Waals surface area contributed by atoms with E-state index in [0.29, 0.717) is 22.0 Å². The first-order valence-corrected chi connectivity index (χ1v) is 7.07. The number of hydrogen-bond donors (Lipinski definition) is 1. The van der Waals surface area contributed by atoms with Crippen molar-refractivity contribution in [1.29, 1.82) is 0 Å². The lowest BCUT2D eigenvalue weighted by atomic mass is 10.1. The van der Waals surface area contributed by atoms with E-state index in [1.54, 1.807) is 25.1 Å². The summed E-state index contributed by atoms with van der Waals surface area (Å²) in [7, 11) is -2.41. The third-order valence-corrected chi connectivity index (χ3v) is 3.97. The van der Waals surface area contributed by atoms with Gasteiger partial charge in [-0.05, 0) is 24.9 Å². The van der Waals surface area contributed by atoms with Gasteiger partial charge in [0, 0.05) is 15.5 Å². The van der Waals surface area contributed by atoms with Gasteiger partial charge in [0.1, 0.15) is 0 Å².